The van der Waals surface area contributed by atoms with Gasteiger partial charge in [0, 0.05) is 0 Å². The molecule has 0 amide bonds. The van der Waals surface area contributed by atoms with Gasteiger partial charge in [0.2, 0.25) is 0 Å². The van der Waals surface area contributed by atoms with Gasteiger partial charge in [0.25, 0.3) is 0 Å². The Labute approximate surface area is 259 Å². The predicted molar refractivity (Wildman–Crippen MR) is 169 cm³/mol. The number of ether oxygens (including phenoxy) is 5. The number of carbonyl (C=O) groups excluding carboxylic acids is 1. The lowest BCUT2D eigenvalue weighted by atomic mass is 9.96. The maximum Gasteiger partial charge on any atom is 0.150 e. The Morgan fingerprint density at radius 2 is 1.00 bits per heavy atom. The number of hydrogen-bond acceptors (Lipinski definition) is 6. The van der Waals surface area contributed by atoms with Crippen molar-refractivity contribution in [1.29, 1.82) is 0 Å². The van der Waals surface area contributed by atoms with Crippen molar-refractivity contribution in [3.05, 3.63) is 168 Å². The van der Waals surface area contributed by atoms with Crippen LogP contribution in [0.3, 0.4) is 0 Å². The lowest BCUT2D eigenvalue weighted by Gasteiger charge is -2.43. The second-order valence-corrected chi connectivity index (χ2v) is 10.5. The molecule has 6 heteroatoms. The van der Waals surface area contributed by atoms with E-state index >= 15 is 0 Å². The molecule has 1 heterocycles. The lowest BCUT2D eigenvalue weighted by Crippen LogP contribution is -2.56. The maximum atomic E-state index is 11.1. The molecule has 4 atom stereocenters. The van der Waals surface area contributed by atoms with Crippen LogP contribution >= 0.6 is 0 Å². The van der Waals surface area contributed by atoms with Crippen molar-refractivity contribution in [2.75, 3.05) is 6.61 Å². The van der Waals surface area contributed by atoms with Gasteiger partial charge in [0.1, 0.15) is 30.4 Å². The first-order chi connectivity index (χ1) is 21.8. The smallest absolute Gasteiger partial charge is 0.150 e. The van der Waals surface area contributed by atoms with E-state index in [4.69, 9.17) is 23.7 Å². The van der Waals surface area contributed by atoms with Crippen LogP contribution in [0.15, 0.2) is 145 Å². The van der Waals surface area contributed by atoms with Crippen LogP contribution in [0.1, 0.15) is 22.3 Å². The van der Waals surface area contributed by atoms with E-state index in [-0.39, 0.29) is 6.61 Å². The molecular formula is C38H38O6. The highest BCUT2D eigenvalue weighted by Gasteiger charge is 2.46. The van der Waals surface area contributed by atoms with Gasteiger partial charge in [-0.1, -0.05) is 127 Å². The highest BCUT2D eigenvalue weighted by molar-refractivity contribution is 5.65. The predicted octanol–water partition coefficient (Wildman–Crippen LogP) is 7.00. The van der Waals surface area contributed by atoms with Crippen LogP contribution in [0, 0.1) is 0 Å². The maximum absolute atomic E-state index is 11.1. The van der Waals surface area contributed by atoms with Crippen LogP contribution in [-0.2, 0) is 54.9 Å². The van der Waals surface area contributed by atoms with Crippen molar-refractivity contribution in [3.63, 3.8) is 0 Å². The molecule has 0 saturated carbocycles. The number of aldehydes is 1. The molecule has 0 radical (unpaired) electrons. The van der Waals surface area contributed by atoms with Crippen molar-refractivity contribution in [2.24, 2.45) is 0 Å². The summed E-state index contributed by atoms with van der Waals surface area (Å²) in [5.74, 6) is 0.546. The number of rotatable bonds is 15. The highest BCUT2D eigenvalue weighted by Crippen LogP contribution is 2.33. The summed E-state index contributed by atoms with van der Waals surface area (Å²) in [6.07, 6.45) is 3.39. The van der Waals surface area contributed by atoms with Crippen LogP contribution < -0.4 is 0 Å². The van der Waals surface area contributed by atoms with Gasteiger partial charge in [-0.05, 0) is 34.4 Å². The molecule has 4 aromatic carbocycles. The molecular weight excluding hydrogens is 552 g/mol. The lowest BCUT2D eigenvalue weighted by molar-refractivity contribution is -0.223. The molecule has 6 nitrogen and oxygen atoms in total. The number of carbonyl (C=O) groups is 1. The zero-order valence-corrected chi connectivity index (χ0v) is 24.7. The average Bonchev–Trinajstić information content (AvgIpc) is 3.08. The third kappa shape index (κ3) is 9.33. The molecule has 44 heavy (non-hydrogen) atoms. The summed E-state index contributed by atoms with van der Waals surface area (Å²) in [5.41, 5.74) is 4.16. The Balaban J connectivity index is 1.45. The van der Waals surface area contributed by atoms with E-state index in [1.165, 1.54) is 6.08 Å². The van der Waals surface area contributed by atoms with Crippen LogP contribution in [-0.4, -0.2) is 37.3 Å². The van der Waals surface area contributed by atoms with Gasteiger partial charge in [-0.25, -0.2) is 0 Å². The number of benzene rings is 4. The second-order valence-electron chi connectivity index (χ2n) is 10.5. The third-order valence-corrected chi connectivity index (χ3v) is 7.24. The van der Waals surface area contributed by atoms with Gasteiger partial charge in [0.15, 0.2) is 6.10 Å². The van der Waals surface area contributed by atoms with Crippen LogP contribution in [0.25, 0.3) is 0 Å². The fourth-order valence-corrected chi connectivity index (χ4v) is 5.04. The summed E-state index contributed by atoms with van der Waals surface area (Å²) in [4.78, 5) is 11.1. The van der Waals surface area contributed by atoms with E-state index in [0.717, 1.165) is 28.5 Å². The first-order valence-electron chi connectivity index (χ1n) is 14.9. The molecule has 1 saturated heterocycles. The molecule has 5 rings (SSSR count). The van der Waals surface area contributed by atoms with Gasteiger partial charge >= 0.3 is 0 Å². The first kappa shape index (κ1) is 31.1. The Hall–Kier alpha value is -4.33. The molecule has 0 spiro atoms. The molecule has 1 aliphatic heterocycles. The normalized spacial score (nSPS) is 20.9. The minimum Gasteiger partial charge on any atom is -0.487 e. The molecule has 0 N–H and O–H groups in total. The van der Waals surface area contributed by atoms with E-state index < -0.39 is 24.4 Å². The largest absolute Gasteiger partial charge is 0.487 e. The molecule has 0 aromatic heterocycles. The second kappa shape index (κ2) is 17.1. The minimum atomic E-state index is -0.610. The van der Waals surface area contributed by atoms with E-state index in [2.05, 4.69) is 0 Å². The zero-order chi connectivity index (χ0) is 30.2. The molecule has 0 unspecified atom stereocenters. The van der Waals surface area contributed by atoms with Gasteiger partial charge in [-0.2, -0.15) is 0 Å². The highest BCUT2D eigenvalue weighted by atomic mass is 16.6. The van der Waals surface area contributed by atoms with Crippen molar-refractivity contribution in [3.8, 4) is 0 Å². The zero-order valence-electron chi connectivity index (χ0n) is 24.7. The Morgan fingerprint density at radius 3 is 1.50 bits per heavy atom. The van der Waals surface area contributed by atoms with Crippen LogP contribution in [0.5, 0.6) is 0 Å². The Bertz CT molecular complexity index is 1440. The van der Waals surface area contributed by atoms with Crippen molar-refractivity contribution in [1.82, 2.24) is 0 Å². The molecule has 226 valence electrons. The van der Waals surface area contributed by atoms with E-state index in [9.17, 15) is 4.79 Å². The molecule has 1 fully saturated rings. The summed E-state index contributed by atoms with van der Waals surface area (Å²) in [6, 6.07) is 40.0. The van der Waals surface area contributed by atoms with E-state index in [0.29, 0.717) is 32.2 Å². The molecule has 0 bridgehead atoms. The summed E-state index contributed by atoms with van der Waals surface area (Å²) >= 11 is 0. The topological polar surface area (TPSA) is 63.2 Å². The quantitative estimate of drug-likeness (QED) is 0.110. The van der Waals surface area contributed by atoms with Crippen molar-refractivity contribution < 1.29 is 28.5 Å². The fraction of sp³-hybridized carbons (Fsp3) is 0.237. The SMILES string of the molecule is O=C/C=C/C=C1\O[C@H](COCc2ccccc2)[C@@H](OCc2ccccc2)[C@H](OCc2ccccc2)[C@H]1OCc1ccccc1. The summed E-state index contributed by atoms with van der Waals surface area (Å²) in [5, 5.41) is 0. The van der Waals surface area contributed by atoms with Crippen LogP contribution in [0.4, 0.5) is 0 Å². The monoisotopic (exact) mass is 590 g/mol. The van der Waals surface area contributed by atoms with Crippen molar-refractivity contribution in [2.45, 2.75) is 50.8 Å². The summed E-state index contributed by atoms with van der Waals surface area (Å²) in [6.45, 7) is 1.76. The Morgan fingerprint density at radius 1 is 0.545 bits per heavy atom. The summed E-state index contributed by atoms with van der Waals surface area (Å²) < 4.78 is 32.7. The number of hydrogen-bond donors (Lipinski definition) is 0. The van der Waals surface area contributed by atoms with Gasteiger partial charge < -0.3 is 23.7 Å². The first-order valence-corrected chi connectivity index (χ1v) is 14.9. The minimum absolute atomic E-state index is 0.264. The van der Waals surface area contributed by atoms with Crippen LogP contribution in [0.2, 0.25) is 0 Å². The molecule has 4 aromatic rings. The number of allylic oxidation sites excluding steroid dienone is 3. The fourth-order valence-electron chi connectivity index (χ4n) is 5.04. The average molecular weight is 591 g/mol. The van der Waals surface area contributed by atoms with Crippen molar-refractivity contribution >= 4 is 6.29 Å². The third-order valence-electron chi connectivity index (χ3n) is 7.24. The van der Waals surface area contributed by atoms with E-state index in [1.807, 2.05) is 121 Å². The van der Waals surface area contributed by atoms with E-state index in [1.54, 1.807) is 12.2 Å². The van der Waals surface area contributed by atoms with Gasteiger partial charge in [-0.3, -0.25) is 4.79 Å². The van der Waals surface area contributed by atoms with Gasteiger partial charge in [0.05, 0.1) is 33.0 Å². The Kier molecular flexibility index (Phi) is 12.1. The summed E-state index contributed by atoms with van der Waals surface area (Å²) in [7, 11) is 0. The molecule has 0 aliphatic carbocycles. The van der Waals surface area contributed by atoms with Gasteiger partial charge in [-0.15, -0.1) is 0 Å². The standard InChI is InChI=1S/C38H38O6/c39-24-14-13-23-34-36(41-26-31-17-7-2-8-18-31)38(43-28-33-21-11-4-12-22-33)37(42-27-32-19-9-3-10-20-32)35(44-34)29-40-25-30-15-5-1-6-16-30/h1-24,35-38H,25-29H2/b14-13+,34-23-/t35-,36+,37-,38-/m1/s1. The molecule has 1 aliphatic rings.